The van der Waals surface area contributed by atoms with Gasteiger partial charge in [-0.3, -0.25) is 14.3 Å². The smallest absolute Gasteiger partial charge is 0.272 e. The number of carbonyl (C=O) groups excluding carboxylic acids is 2. The maximum Gasteiger partial charge on any atom is 0.272 e. The first kappa shape index (κ1) is 19.5. The molecule has 1 fully saturated rings. The Bertz CT molecular complexity index is 1140. The Morgan fingerprint density at radius 2 is 2.13 bits per heavy atom. The second-order valence-electron chi connectivity index (χ2n) is 8.24. The molecule has 4 heterocycles. The van der Waals surface area contributed by atoms with Crippen LogP contribution < -0.4 is 15.5 Å². The van der Waals surface area contributed by atoms with E-state index in [1.54, 1.807) is 6.33 Å². The van der Waals surface area contributed by atoms with Gasteiger partial charge in [0.05, 0.1) is 5.39 Å². The number of nitrogens with one attached hydrogen (secondary N) is 3. The van der Waals surface area contributed by atoms with Crippen LogP contribution >= 0.6 is 0 Å². The molecule has 0 saturated heterocycles. The molecule has 0 atom stereocenters. The maximum absolute atomic E-state index is 13.0. The average Bonchev–Trinajstić information content (AvgIpc) is 3.34. The molecule has 0 radical (unpaired) electrons. The van der Waals surface area contributed by atoms with Crippen LogP contribution in [-0.4, -0.2) is 55.7 Å². The van der Waals surface area contributed by atoms with Crippen LogP contribution in [-0.2, 0) is 24.8 Å². The number of amides is 2. The van der Waals surface area contributed by atoms with Crippen LogP contribution in [0.3, 0.4) is 0 Å². The van der Waals surface area contributed by atoms with Gasteiger partial charge in [-0.15, -0.1) is 0 Å². The van der Waals surface area contributed by atoms with E-state index in [2.05, 4.69) is 35.6 Å². The Balaban J connectivity index is 1.32. The highest BCUT2D eigenvalue weighted by Crippen LogP contribution is 2.31. The number of aromatic nitrogens is 5. The predicted octanol–water partition coefficient (Wildman–Crippen LogP) is 0.899. The van der Waals surface area contributed by atoms with Crippen molar-refractivity contribution in [1.29, 1.82) is 0 Å². The molecule has 2 amide bonds. The summed E-state index contributed by atoms with van der Waals surface area (Å²) in [5, 5.41) is 11.4. The lowest BCUT2D eigenvalue weighted by atomic mass is 9.79. The first-order valence-corrected chi connectivity index (χ1v) is 10.7. The molecule has 0 spiro atoms. The van der Waals surface area contributed by atoms with Gasteiger partial charge in [-0.1, -0.05) is 0 Å². The van der Waals surface area contributed by atoms with E-state index in [1.165, 1.54) is 0 Å². The summed E-state index contributed by atoms with van der Waals surface area (Å²) in [5.41, 5.74) is 3.28. The van der Waals surface area contributed by atoms with Gasteiger partial charge in [0.1, 0.15) is 17.8 Å². The van der Waals surface area contributed by atoms with Gasteiger partial charge in [0.15, 0.2) is 5.69 Å². The van der Waals surface area contributed by atoms with Gasteiger partial charge in [0.2, 0.25) is 5.91 Å². The van der Waals surface area contributed by atoms with Crippen molar-refractivity contribution >= 4 is 28.7 Å². The van der Waals surface area contributed by atoms with Gasteiger partial charge in [-0.2, -0.15) is 5.10 Å². The Morgan fingerprint density at radius 3 is 2.94 bits per heavy atom. The van der Waals surface area contributed by atoms with E-state index in [1.807, 2.05) is 30.9 Å². The molecule has 162 valence electrons. The van der Waals surface area contributed by atoms with Crippen molar-refractivity contribution in [1.82, 2.24) is 35.4 Å². The van der Waals surface area contributed by atoms with Gasteiger partial charge in [-0.25, -0.2) is 9.97 Å². The molecule has 0 unspecified atom stereocenters. The second-order valence-corrected chi connectivity index (χ2v) is 8.24. The fraction of sp³-hybridized carbons (Fsp3) is 0.476. The summed E-state index contributed by atoms with van der Waals surface area (Å²) < 4.78 is 1.81. The van der Waals surface area contributed by atoms with E-state index in [4.69, 9.17) is 0 Å². The molecular formula is C21H26N8O2. The van der Waals surface area contributed by atoms with Crippen LogP contribution in [0.1, 0.15) is 41.5 Å². The molecule has 31 heavy (non-hydrogen) atoms. The topological polar surface area (TPSA) is 121 Å². The average molecular weight is 422 g/mol. The summed E-state index contributed by atoms with van der Waals surface area (Å²) >= 11 is 0. The lowest BCUT2D eigenvalue weighted by Gasteiger charge is -2.34. The first-order chi connectivity index (χ1) is 15.0. The van der Waals surface area contributed by atoms with E-state index >= 15 is 0 Å². The second kappa shape index (κ2) is 7.68. The normalized spacial score (nSPS) is 20.3. The molecule has 0 bridgehead atoms. The third kappa shape index (κ3) is 3.41. The SMILES string of the molecule is CCNC(=O)[C@H]1C[C@H](NC(=O)c2nn(C)c3c2CN(c2ncnc4[nH]ccc24)CC3)C1. The van der Waals surface area contributed by atoms with Crippen LogP contribution in [0.2, 0.25) is 0 Å². The molecule has 5 rings (SSSR count). The Kier molecular flexibility index (Phi) is 4.84. The molecule has 2 aliphatic rings. The third-order valence-corrected chi connectivity index (χ3v) is 6.28. The van der Waals surface area contributed by atoms with Crippen LogP contribution in [0.5, 0.6) is 0 Å². The monoisotopic (exact) mass is 422 g/mol. The minimum Gasteiger partial charge on any atom is -0.356 e. The molecule has 1 aliphatic carbocycles. The minimum absolute atomic E-state index is 0.0128. The van der Waals surface area contributed by atoms with Crippen LogP contribution in [0.4, 0.5) is 5.82 Å². The molecule has 3 aromatic heterocycles. The predicted molar refractivity (Wildman–Crippen MR) is 115 cm³/mol. The van der Waals surface area contributed by atoms with E-state index < -0.39 is 0 Å². The van der Waals surface area contributed by atoms with Crippen molar-refractivity contribution in [3.63, 3.8) is 0 Å². The van der Waals surface area contributed by atoms with Gasteiger partial charge in [-0.05, 0) is 25.8 Å². The summed E-state index contributed by atoms with van der Waals surface area (Å²) in [6, 6.07) is 1.98. The number of aromatic amines is 1. The van der Waals surface area contributed by atoms with Gasteiger partial charge in [0, 0.05) is 62.5 Å². The van der Waals surface area contributed by atoms with E-state index in [9.17, 15) is 9.59 Å². The molecule has 3 aromatic rings. The molecule has 10 nitrogen and oxygen atoms in total. The van der Waals surface area contributed by atoms with Gasteiger partial charge >= 0.3 is 0 Å². The largest absolute Gasteiger partial charge is 0.356 e. The number of aryl methyl sites for hydroxylation is 1. The van der Waals surface area contributed by atoms with Gasteiger partial charge in [0.25, 0.3) is 5.91 Å². The molecule has 1 saturated carbocycles. The highest BCUT2D eigenvalue weighted by Gasteiger charge is 2.36. The van der Waals surface area contributed by atoms with E-state index in [0.29, 0.717) is 31.6 Å². The van der Waals surface area contributed by atoms with Crippen LogP contribution in [0.15, 0.2) is 18.6 Å². The fourth-order valence-corrected chi connectivity index (χ4v) is 4.59. The Hall–Kier alpha value is -3.43. The van der Waals surface area contributed by atoms with Crippen molar-refractivity contribution in [3.8, 4) is 0 Å². The lowest BCUT2D eigenvalue weighted by molar-refractivity contribution is -0.128. The van der Waals surface area contributed by atoms with Crippen LogP contribution in [0, 0.1) is 5.92 Å². The summed E-state index contributed by atoms with van der Waals surface area (Å²) in [4.78, 5) is 39.0. The summed E-state index contributed by atoms with van der Waals surface area (Å²) in [7, 11) is 1.88. The van der Waals surface area contributed by atoms with Gasteiger partial charge < -0.3 is 20.5 Å². The number of rotatable bonds is 5. The molecule has 3 N–H and O–H groups in total. The van der Waals surface area contributed by atoms with Crippen molar-refractivity contribution in [3.05, 3.63) is 35.5 Å². The van der Waals surface area contributed by atoms with E-state index in [-0.39, 0.29) is 23.8 Å². The van der Waals surface area contributed by atoms with Crippen LogP contribution in [0.25, 0.3) is 11.0 Å². The lowest BCUT2D eigenvalue weighted by Crippen LogP contribution is -2.49. The maximum atomic E-state index is 13.0. The number of hydrogen-bond acceptors (Lipinski definition) is 6. The molecule has 1 aliphatic heterocycles. The molecular weight excluding hydrogens is 396 g/mol. The molecule has 10 heteroatoms. The number of fused-ring (bicyclic) bond motifs is 2. The minimum atomic E-state index is -0.174. The van der Waals surface area contributed by atoms with Crippen molar-refractivity contribution in [2.75, 3.05) is 18.0 Å². The summed E-state index contributed by atoms with van der Waals surface area (Å²) in [6.45, 7) is 3.90. The number of carbonyl (C=O) groups is 2. The number of hydrogen-bond donors (Lipinski definition) is 3. The highest BCUT2D eigenvalue weighted by molar-refractivity contribution is 5.95. The quantitative estimate of drug-likeness (QED) is 0.562. The zero-order valence-corrected chi connectivity index (χ0v) is 17.7. The third-order valence-electron chi connectivity index (χ3n) is 6.28. The van der Waals surface area contributed by atoms with Crippen molar-refractivity contribution in [2.24, 2.45) is 13.0 Å². The zero-order valence-electron chi connectivity index (χ0n) is 17.7. The summed E-state index contributed by atoms with van der Waals surface area (Å²) in [6.07, 6.45) is 5.54. The van der Waals surface area contributed by atoms with Crippen molar-refractivity contribution in [2.45, 2.75) is 38.8 Å². The highest BCUT2D eigenvalue weighted by atomic mass is 16.2. The number of H-pyrrole nitrogens is 1. The first-order valence-electron chi connectivity index (χ1n) is 10.7. The Morgan fingerprint density at radius 1 is 1.29 bits per heavy atom. The Labute approximate surface area is 179 Å². The number of nitrogens with zero attached hydrogens (tertiary/aromatic N) is 5. The standard InChI is InChI=1S/C21H26N8O2/c1-3-22-20(30)12-8-13(9-12)26-21(31)17-15-10-29(7-5-16(15)28(2)27-17)19-14-4-6-23-18(14)24-11-25-19/h4,6,11-13H,3,5,7-10H2,1-2H3,(H,22,30)(H,26,31)(H,23,24,25)/t12-,13-. The fourth-order valence-electron chi connectivity index (χ4n) is 4.59. The number of anilines is 1. The summed E-state index contributed by atoms with van der Waals surface area (Å²) in [5.74, 6) is 0.739. The van der Waals surface area contributed by atoms with E-state index in [0.717, 1.165) is 41.1 Å². The molecule has 0 aromatic carbocycles. The van der Waals surface area contributed by atoms with Crippen molar-refractivity contribution < 1.29 is 9.59 Å². The zero-order chi connectivity index (χ0) is 21.5.